The highest BCUT2D eigenvalue weighted by molar-refractivity contribution is 5.95. The molecule has 0 heterocycles. The Kier molecular flexibility index (Phi) is 3.76. The van der Waals surface area contributed by atoms with Crippen molar-refractivity contribution in [2.45, 2.75) is 34.6 Å². The molecule has 1 nitrogen and oxygen atoms in total. The molecule has 2 aromatic rings. The van der Waals surface area contributed by atoms with Gasteiger partial charge in [-0.15, -0.1) is 0 Å². The zero-order valence-corrected chi connectivity index (χ0v) is 12.6. The summed E-state index contributed by atoms with van der Waals surface area (Å²) in [6.45, 7) is 9.54. The summed E-state index contributed by atoms with van der Waals surface area (Å²) in [7, 11) is 0. The molecule has 0 bridgehead atoms. The summed E-state index contributed by atoms with van der Waals surface area (Å²) >= 11 is 0. The van der Waals surface area contributed by atoms with Crippen LogP contribution < -0.4 is 0 Å². The molecule has 0 saturated heterocycles. The van der Waals surface area contributed by atoms with Gasteiger partial charge < -0.3 is 0 Å². The smallest absolute Gasteiger partial charge is 0.159 e. The number of halogens is 1. The van der Waals surface area contributed by atoms with Crippen molar-refractivity contribution in [2.24, 2.45) is 0 Å². The number of ketones is 1. The van der Waals surface area contributed by atoms with Crippen LogP contribution in [0.25, 0.3) is 11.1 Å². The molecule has 0 saturated carbocycles. The normalized spacial score (nSPS) is 10.7. The van der Waals surface area contributed by atoms with E-state index in [1.807, 2.05) is 27.7 Å². The molecular weight excluding hydrogens is 251 g/mol. The van der Waals surface area contributed by atoms with E-state index in [4.69, 9.17) is 0 Å². The van der Waals surface area contributed by atoms with Crippen LogP contribution in [0.1, 0.15) is 39.5 Å². The van der Waals surface area contributed by atoms with Gasteiger partial charge in [0.1, 0.15) is 5.82 Å². The van der Waals surface area contributed by atoms with E-state index in [0.29, 0.717) is 11.1 Å². The van der Waals surface area contributed by atoms with E-state index in [1.54, 1.807) is 6.07 Å². The van der Waals surface area contributed by atoms with Gasteiger partial charge in [-0.3, -0.25) is 4.79 Å². The lowest BCUT2D eigenvalue weighted by Crippen LogP contribution is -1.99. The maximum absolute atomic E-state index is 14.2. The molecule has 0 atom stereocenters. The maximum Gasteiger partial charge on any atom is 0.159 e. The summed E-state index contributed by atoms with van der Waals surface area (Å²) in [6.07, 6.45) is 0. The van der Waals surface area contributed by atoms with E-state index in [-0.39, 0.29) is 11.6 Å². The van der Waals surface area contributed by atoms with Crippen molar-refractivity contribution < 1.29 is 9.18 Å². The van der Waals surface area contributed by atoms with Crippen LogP contribution in [0.4, 0.5) is 4.39 Å². The molecule has 2 heteroatoms. The van der Waals surface area contributed by atoms with Crippen molar-refractivity contribution in [1.82, 2.24) is 0 Å². The summed E-state index contributed by atoms with van der Waals surface area (Å²) in [4.78, 5) is 11.5. The van der Waals surface area contributed by atoms with Gasteiger partial charge in [0, 0.05) is 11.1 Å². The highest BCUT2D eigenvalue weighted by atomic mass is 19.1. The van der Waals surface area contributed by atoms with Crippen LogP contribution in [0.15, 0.2) is 24.3 Å². The predicted octanol–water partition coefficient (Wildman–Crippen LogP) is 4.93. The predicted molar refractivity (Wildman–Crippen MR) is 80.8 cm³/mol. The summed E-state index contributed by atoms with van der Waals surface area (Å²) in [5.74, 6) is -0.336. The van der Waals surface area contributed by atoms with Gasteiger partial charge in [0.05, 0.1) is 0 Å². The van der Waals surface area contributed by atoms with Gasteiger partial charge in [0.2, 0.25) is 0 Å². The average Bonchev–Trinajstić information content (AvgIpc) is 2.38. The standard InChI is InChI=1S/C18H19FO/c1-10-8-11(2)13(4)18(12(10)3)16-9-15(14(5)20)6-7-17(16)19/h6-9H,1-5H3. The molecule has 0 amide bonds. The molecule has 104 valence electrons. The number of hydrogen-bond donors (Lipinski definition) is 0. The molecule has 0 fully saturated rings. The van der Waals surface area contributed by atoms with Crippen molar-refractivity contribution in [3.05, 3.63) is 57.9 Å². The highest BCUT2D eigenvalue weighted by Crippen LogP contribution is 2.33. The largest absolute Gasteiger partial charge is 0.295 e. The van der Waals surface area contributed by atoms with Crippen LogP contribution in [-0.4, -0.2) is 5.78 Å². The minimum absolute atomic E-state index is 0.0501. The lowest BCUT2D eigenvalue weighted by Gasteiger charge is -2.16. The fraction of sp³-hybridized carbons (Fsp3) is 0.278. The first kappa shape index (κ1) is 14.4. The zero-order chi connectivity index (χ0) is 15.0. The second kappa shape index (κ2) is 5.20. The number of rotatable bonds is 2. The van der Waals surface area contributed by atoms with Gasteiger partial charge in [-0.1, -0.05) is 6.07 Å². The van der Waals surface area contributed by atoms with Crippen LogP contribution in [0.2, 0.25) is 0 Å². The molecule has 0 aliphatic heterocycles. The molecule has 2 aromatic carbocycles. The second-order valence-electron chi connectivity index (χ2n) is 5.39. The Hall–Kier alpha value is -1.96. The molecule has 20 heavy (non-hydrogen) atoms. The fourth-order valence-electron chi connectivity index (χ4n) is 2.56. The Morgan fingerprint density at radius 3 is 2.00 bits per heavy atom. The third-order valence-electron chi connectivity index (χ3n) is 4.01. The minimum atomic E-state index is -0.286. The van der Waals surface area contributed by atoms with Crippen LogP contribution in [0.5, 0.6) is 0 Å². The van der Waals surface area contributed by atoms with Crippen LogP contribution in [0, 0.1) is 33.5 Å². The van der Waals surface area contributed by atoms with Crippen molar-refractivity contribution >= 4 is 5.78 Å². The number of Topliss-reactive ketones (excluding diaryl/α,β-unsaturated/α-hetero) is 1. The Morgan fingerprint density at radius 1 is 0.950 bits per heavy atom. The van der Waals surface area contributed by atoms with Crippen LogP contribution in [0.3, 0.4) is 0 Å². The number of carbonyl (C=O) groups is 1. The Morgan fingerprint density at radius 2 is 1.50 bits per heavy atom. The minimum Gasteiger partial charge on any atom is -0.295 e. The van der Waals surface area contributed by atoms with E-state index in [2.05, 4.69) is 6.07 Å². The lowest BCUT2D eigenvalue weighted by atomic mass is 9.88. The van der Waals surface area contributed by atoms with Crippen molar-refractivity contribution in [2.75, 3.05) is 0 Å². The van der Waals surface area contributed by atoms with E-state index < -0.39 is 0 Å². The van der Waals surface area contributed by atoms with Crippen LogP contribution in [-0.2, 0) is 0 Å². The number of benzene rings is 2. The van der Waals surface area contributed by atoms with Gasteiger partial charge in [0.15, 0.2) is 5.78 Å². The molecule has 0 N–H and O–H groups in total. The van der Waals surface area contributed by atoms with Crippen molar-refractivity contribution in [3.63, 3.8) is 0 Å². The van der Waals surface area contributed by atoms with E-state index in [1.165, 1.54) is 19.1 Å². The number of aryl methyl sites for hydroxylation is 2. The molecule has 0 unspecified atom stereocenters. The quantitative estimate of drug-likeness (QED) is 0.707. The third kappa shape index (κ3) is 2.38. The molecule has 2 rings (SSSR count). The third-order valence-corrected chi connectivity index (χ3v) is 4.01. The highest BCUT2D eigenvalue weighted by Gasteiger charge is 2.15. The summed E-state index contributed by atoms with van der Waals surface area (Å²) in [5, 5.41) is 0. The van der Waals surface area contributed by atoms with E-state index >= 15 is 0 Å². The Labute approximate surface area is 119 Å². The van der Waals surface area contributed by atoms with Gasteiger partial charge in [-0.05, 0) is 80.6 Å². The SMILES string of the molecule is CC(=O)c1ccc(F)c(-c2c(C)c(C)cc(C)c2C)c1. The molecule has 0 aliphatic rings. The summed E-state index contributed by atoms with van der Waals surface area (Å²) in [5.41, 5.74) is 6.36. The van der Waals surface area contributed by atoms with Gasteiger partial charge in [-0.2, -0.15) is 0 Å². The first-order chi connectivity index (χ1) is 9.32. The first-order valence-electron chi connectivity index (χ1n) is 6.71. The maximum atomic E-state index is 14.2. The van der Waals surface area contributed by atoms with Gasteiger partial charge in [0.25, 0.3) is 0 Å². The molecular formula is C18H19FO. The molecule has 0 aliphatic carbocycles. The molecule has 0 aromatic heterocycles. The van der Waals surface area contributed by atoms with E-state index in [0.717, 1.165) is 27.8 Å². The lowest BCUT2D eigenvalue weighted by molar-refractivity contribution is 0.101. The number of carbonyl (C=O) groups excluding carboxylic acids is 1. The van der Waals surface area contributed by atoms with Gasteiger partial charge in [-0.25, -0.2) is 4.39 Å². The number of hydrogen-bond acceptors (Lipinski definition) is 1. The molecule has 0 radical (unpaired) electrons. The zero-order valence-electron chi connectivity index (χ0n) is 12.6. The van der Waals surface area contributed by atoms with Crippen molar-refractivity contribution in [1.29, 1.82) is 0 Å². The fourth-order valence-corrected chi connectivity index (χ4v) is 2.56. The topological polar surface area (TPSA) is 17.1 Å². The Balaban J connectivity index is 2.81. The first-order valence-corrected chi connectivity index (χ1v) is 6.71. The second-order valence-corrected chi connectivity index (χ2v) is 5.39. The molecule has 0 spiro atoms. The summed E-state index contributed by atoms with van der Waals surface area (Å²) < 4.78 is 14.2. The summed E-state index contributed by atoms with van der Waals surface area (Å²) in [6, 6.07) is 6.68. The Bertz CT molecular complexity index is 673. The van der Waals surface area contributed by atoms with Crippen molar-refractivity contribution in [3.8, 4) is 11.1 Å². The van der Waals surface area contributed by atoms with Gasteiger partial charge >= 0.3 is 0 Å². The van der Waals surface area contributed by atoms with E-state index in [9.17, 15) is 9.18 Å². The average molecular weight is 270 g/mol. The van der Waals surface area contributed by atoms with Crippen LogP contribution >= 0.6 is 0 Å². The monoisotopic (exact) mass is 270 g/mol.